The van der Waals surface area contributed by atoms with Crippen molar-refractivity contribution >= 4 is 11.4 Å². The number of aryl methyl sites for hydroxylation is 1. The van der Waals surface area contributed by atoms with Crippen LogP contribution >= 0.6 is 0 Å². The summed E-state index contributed by atoms with van der Waals surface area (Å²) in [7, 11) is 1.92. The van der Waals surface area contributed by atoms with Crippen LogP contribution in [-0.2, 0) is 13.0 Å². The first-order valence-corrected chi connectivity index (χ1v) is 6.85. The Morgan fingerprint density at radius 3 is 2.95 bits per heavy atom. The Labute approximate surface area is 118 Å². The van der Waals surface area contributed by atoms with Gasteiger partial charge in [0.05, 0.1) is 0 Å². The van der Waals surface area contributed by atoms with Crippen molar-refractivity contribution in [3.05, 3.63) is 53.1 Å². The number of fused-ring (bicyclic) bond motifs is 1. The molecule has 2 aromatic rings. The van der Waals surface area contributed by atoms with Gasteiger partial charge in [-0.05, 0) is 44.2 Å². The fourth-order valence-corrected chi connectivity index (χ4v) is 2.75. The minimum atomic E-state index is -0.184. The highest BCUT2D eigenvalue weighted by Gasteiger charge is 2.23. The average Bonchev–Trinajstić information content (AvgIpc) is 2.84. The first kappa shape index (κ1) is 13.1. The Bertz CT molecular complexity index is 640. The van der Waals surface area contributed by atoms with Crippen LogP contribution in [0, 0.1) is 12.7 Å². The van der Waals surface area contributed by atoms with Crippen LogP contribution in [0.3, 0.4) is 0 Å². The zero-order valence-electron chi connectivity index (χ0n) is 11.8. The molecule has 0 atom stereocenters. The lowest BCUT2D eigenvalue weighted by Gasteiger charge is -2.23. The van der Waals surface area contributed by atoms with E-state index >= 15 is 0 Å². The molecule has 0 unspecified atom stereocenters. The van der Waals surface area contributed by atoms with E-state index in [2.05, 4.69) is 21.3 Å². The normalized spacial score (nSPS) is 13.7. The maximum atomic E-state index is 13.5. The fraction of sp³-hybridized carbons (Fsp3) is 0.312. The molecule has 2 heterocycles. The summed E-state index contributed by atoms with van der Waals surface area (Å²) in [5.41, 5.74) is 5.42. The van der Waals surface area contributed by atoms with Crippen molar-refractivity contribution in [2.24, 2.45) is 0 Å². The lowest BCUT2D eigenvalue weighted by atomic mass is 10.1. The quantitative estimate of drug-likeness (QED) is 0.930. The van der Waals surface area contributed by atoms with E-state index in [0.29, 0.717) is 0 Å². The van der Waals surface area contributed by atoms with E-state index < -0.39 is 0 Å². The van der Waals surface area contributed by atoms with Crippen molar-refractivity contribution < 1.29 is 4.39 Å². The molecule has 1 aromatic carbocycles. The highest BCUT2D eigenvalue weighted by atomic mass is 19.1. The first-order valence-electron chi connectivity index (χ1n) is 6.85. The van der Waals surface area contributed by atoms with Gasteiger partial charge < -0.3 is 10.2 Å². The van der Waals surface area contributed by atoms with E-state index in [0.717, 1.165) is 42.1 Å². The minimum absolute atomic E-state index is 0.184. The van der Waals surface area contributed by atoms with Gasteiger partial charge in [-0.1, -0.05) is 6.07 Å². The van der Waals surface area contributed by atoms with Gasteiger partial charge in [-0.15, -0.1) is 0 Å². The van der Waals surface area contributed by atoms with Gasteiger partial charge in [0.2, 0.25) is 0 Å². The predicted octanol–water partition coefficient (Wildman–Crippen LogP) is 2.94. The molecule has 104 valence electrons. The van der Waals surface area contributed by atoms with Crippen LogP contribution in [0.1, 0.15) is 16.8 Å². The number of halogens is 1. The first-order chi connectivity index (χ1) is 9.69. The number of hydrogen-bond donors (Lipinski definition) is 1. The van der Waals surface area contributed by atoms with Gasteiger partial charge in [-0.25, -0.2) is 4.39 Å². The molecule has 4 heteroatoms. The number of nitrogens with zero attached hydrogens (tertiary/aromatic N) is 2. The third kappa shape index (κ3) is 2.27. The largest absolute Gasteiger partial charge is 0.340 e. The number of hydrogen-bond acceptors (Lipinski definition) is 3. The Kier molecular flexibility index (Phi) is 3.40. The Morgan fingerprint density at radius 1 is 1.30 bits per heavy atom. The van der Waals surface area contributed by atoms with E-state index in [1.54, 1.807) is 6.07 Å². The molecule has 0 radical (unpaired) electrons. The third-order valence-corrected chi connectivity index (χ3v) is 3.70. The summed E-state index contributed by atoms with van der Waals surface area (Å²) in [5.74, 6) is -0.184. The number of nitrogens with one attached hydrogen (secondary N) is 1. The molecule has 0 spiro atoms. The van der Waals surface area contributed by atoms with E-state index in [4.69, 9.17) is 0 Å². The van der Waals surface area contributed by atoms with Gasteiger partial charge in [-0.3, -0.25) is 4.98 Å². The summed E-state index contributed by atoms with van der Waals surface area (Å²) in [6, 6.07) is 7.12. The molecule has 3 rings (SSSR count). The van der Waals surface area contributed by atoms with Crippen LogP contribution in [0.2, 0.25) is 0 Å². The van der Waals surface area contributed by atoms with Gasteiger partial charge in [0.25, 0.3) is 0 Å². The summed E-state index contributed by atoms with van der Waals surface area (Å²) >= 11 is 0. The molecule has 1 aliphatic rings. The molecule has 0 aliphatic carbocycles. The van der Waals surface area contributed by atoms with Crippen LogP contribution in [0.5, 0.6) is 0 Å². The van der Waals surface area contributed by atoms with Gasteiger partial charge in [-0.2, -0.15) is 0 Å². The molecule has 1 N–H and O–H groups in total. The Hall–Kier alpha value is -1.94. The minimum Gasteiger partial charge on any atom is -0.340 e. The smallest absolute Gasteiger partial charge is 0.125 e. The Balaban J connectivity index is 2.07. The number of aromatic nitrogens is 1. The van der Waals surface area contributed by atoms with Gasteiger partial charge in [0.1, 0.15) is 5.82 Å². The summed E-state index contributed by atoms with van der Waals surface area (Å²) < 4.78 is 13.5. The highest BCUT2D eigenvalue weighted by Crippen LogP contribution is 2.36. The summed E-state index contributed by atoms with van der Waals surface area (Å²) in [4.78, 5) is 6.56. The second-order valence-corrected chi connectivity index (χ2v) is 5.16. The second-order valence-electron chi connectivity index (χ2n) is 5.16. The fourth-order valence-electron chi connectivity index (χ4n) is 2.75. The van der Waals surface area contributed by atoms with Crippen LogP contribution in [-0.4, -0.2) is 18.6 Å². The van der Waals surface area contributed by atoms with Crippen molar-refractivity contribution in [1.82, 2.24) is 10.3 Å². The molecule has 0 amide bonds. The van der Waals surface area contributed by atoms with E-state index in [1.165, 1.54) is 11.6 Å². The van der Waals surface area contributed by atoms with E-state index in [1.807, 2.05) is 26.2 Å². The number of rotatable bonds is 3. The van der Waals surface area contributed by atoms with Crippen LogP contribution in [0.4, 0.5) is 15.8 Å². The van der Waals surface area contributed by atoms with E-state index in [9.17, 15) is 4.39 Å². The maximum Gasteiger partial charge on any atom is 0.125 e. The summed E-state index contributed by atoms with van der Waals surface area (Å²) in [6.07, 6.45) is 2.86. The molecule has 20 heavy (non-hydrogen) atoms. The van der Waals surface area contributed by atoms with Crippen molar-refractivity contribution in [2.75, 3.05) is 18.5 Å². The Morgan fingerprint density at radius 2 is 2.15 bits per heavy atom. The topological polar surface area (TPSA) is 28.2 Å². The van der Waals surface area contributed by atoms with Crippen molar-refractivity contribution in [3.63, 3.8) is 0 Å². The molecule has 3 nitrogen and oxygen atoms in total. The van der Waals surface area contributed by atoms with Gasteiger partial charge in [0, 0.05) is 41.9 Å². The lowest BCUT2D eigenvalue weighted by Crippen LogP contribution is -2.18. The predicted molar refractivity (Wildman–Crippen MR) is 78.8 cm³/mol. The second kappa shape index (κ2) is 5.21. The summed E-state index contributed by atoms with van der Waals surface area (Å²) in [6.45, 7) is 3.62. The van der Waals surface area contributed by atoms with Crippen molar-refractivity contribution in [1.29, 1.82) is 0 Å². The number of anilines is 2. The molecular formula is C16H18FN3. The van der Waals surface area contributed by atoms with Crippen LogP contribution < -0.4 is 10.2 Å². The standard InChI is InChI=1S/C16H18FN3/c1-11-7-15(13(9-18-2)10-19-11)20-6-5-12-3-4-14(17)8-16(12)20/h3-4,7-8,10,18H,5-6,9H2,1-2H3. The van der Waals surface area contributed by atoms with Crippen molar-refractivity contribution in [2.45, 2.75) is 19.9 Å². The van der Waals surface area contributed by atoms with Gasteiger partial charge >= 0.3 is 0 Å². The third-order valence-electron chi connectivity index (χ3n) is 3.70. The molecule has 0 saturated carbocycles. The SMILES string of the molecule is CNCc1cnc(C)cc1N1CCc2ccc(F)cc21. The monoisotopic (exact) mass is 271 g/mol. The maximum absolute atomic E-state index is 13.5. The molecule has 0 saturated heterocycles. The van der Waals surface area contributed by atoms with Crippen molar-refractivity contribution in [3.8, 4) is 0 Å². The summed E-state index contributed by atoms with van der Waals surface area (Å²) in [5, 5.41) is 3.16. The molecular weight excluding hydrogens is 253 g/mol. The number of pyridine rings is 1. The lowest BCUT2D eigenvalue weighted by molar-refractivity contribution is 0.628. The number of benzene rings is 1. The molecule has 0 bridgehead atoms. The van der Waals surface area contributed by atoms with Crippen LogP contribution in [0.15, 0.2) is 30.5 Å². The zero-order chi connectivity index (χ0) is 14.1. The molecule has 1 aliphatic heterocycles. The van der Waals surface area contributed by atoms with Crippen LogP contribution in [0.25, 0.3) is 0 Å². The highest BCUT2D eigenvalue weighted by molar-refractivity contribution is 5.72. The zero-order valence-corrected chi connectivity index (χ0v) is 11.8. The van der Waals surface area contributed by atoms with Gasteiger partial charge in [0.15, 0.2) is 0 Å². The molecule has 1 aromatic heterocycles. The molecule has 0 fully saturated rings. The van der Waals surface area contributed by atoms with E-state index in [-0.39, 0.29) is 5.82 Å². The average molecular weight is 271 g/mol.